The summed E-state index contributed by atoms with van der Waals surface area (Å²) in [5.74, 6) is 0.0901. The van der Waals surface area contributed by atoms with Gasteiger partial charge in [-0.25, -0.2) is 4.99 Å². The van der Waals surface area contributed by atoms with Crippen LogP contribution in [0.3, 0.4) is 0 Å². The fraction of sp³-hybridized carbons (Fsp3) is 0.261. The molecular formula is C23H26ClN5O. The van der Waals surface area contributed by atoms with E-state index in [1.807, 2.05) is 49.7 Å². The van der Waals surface area contributed by atoms with Crippen molar-refractivity contribution in [2.24, 2.45) is 4.99 Å². The van der Waals surface area contributed by atoms with Gasteiger partial charge in [-0.2, -0.15) is 5.10 Å². The molecule has 1 amide bonds. The van der Waals surface area contributed by atoms with Gasteiger partial charge in [0.1, 0.15) is 0 Å². The Bertz CT molecular complexity index is 1090. The highest BCUT2D eigenvalue weighted by Crippen LogP contribution is 2.16. The summed E-state index contributed by atoms with van der Waals surface area (Å²) in [7, 11) is 0. The van der Waals surface area contributed by atoms with Gasteiger partial charge in [0.2, 0.25) is 5.96 Å². The van der Waals surface area contributed by atoms with Crippen molar-refractivity contribution in [3.63, 3.8) is 0 Å². The molecule has 2 N–H and O–H groups in total. The minimum atomic E-state index is -0.282. The van der Waals surface area contributed by atoms with Crippen LogP contribution in [0.2, 0.25) is 5.02 Å². The van der Waals surface area contributed by atoms with E-state index in [0.717, 1.165) is 34.7 Å². The lowest BCUT2D eigenvalue weighted by Gasteiger charge is -2.14. The van der Waals surface area contributed by atoms with Crippen molar-refractivity contribution in [1.82, 2.24) is 15.1 Å². The number of halogens is 1. The molecule has 6 nitrogen and oxygen atoms in total. The molecule has 0 unspecified atom stereocenters. The normalized spacial score (nSPS) is 11.4. The van der Waals surface area contributed by atoms with Gasteiger partial charge >= 0.3 is 0 Å². The first-order valence-electron chi connectivity index (χ1n) is 9.86. The third kappa shape index (κ3) is 5.07. The Labute approximate surface area is 182 Å². The van der Waals surface area contributed by atoms with Crippen LogP contribution in [0.1, 0.15) is 39.8 Å². The Morgan fingerprint density at radius 2 is 1.90 bits per heavy atom. The number of aryl methyl sites for hydroxylation is 3. The van der Waals surface area contributed by atoms with E-state index in [0.29, 0.717) is 23.1 Å². The van der Waals surface area contributed by atoms with E-state index in [2.05, 4.69) is 27.6 Å². The molecule has 0 aliphatic heterocycles. The SMILES string of the molecule is CCn1nc(C)c(CN=C(NC(=O)c2cccc(Cl)c2)Nc2ccccc2C)c1C. The van der Waals surface area contributed by atoms with Crippen molar-refractivity contribution in [1.29, 1.82) is 0 Å². The van der Waals surface area contributed by atoms with Gasteiger partial charge in [-0.15, -0.1) is 0 Å². The molecule has 1 heterocycles. The lowest BCUT2D eigenvalue weighted by Crippen LogP contribution is -2.36. The van der Waals surface area contributed by atoms with E-state index in [1.165, 1.54) is 0 Å². The zero-order valence-electron chi connectivity index (χ0n) is 17.7. The number of amides is 1. The molecule has 0 fully saturated rings. The molecule has 0 saturated carbocycles. The smallest absolute Gasteiger partial charge is 0.258 e. The molecule has 0 saturated heterocycles. The van der Waals surface area contributed by atoms with Crippen LogP contribution in [0, 0.1) is 20.8 Å². The van der Waals surface area contributed by atoms with Gasteiger partial charge in [-0.1, -0.05) is 35.9 Å². The van der Waals surface area contributed by atoms with E-state index >= 15 is 0 Å². The second-order valence-electron chi connectivity index (χ2n) is 7.03. The summed E-state index contributed by atoms with van der Waals surface area (Å²) in [6.07, 6.45) is 0. The molecule has 2 aromatic carbocycles. The first kappa shape index (κ1) is 21.6. The Hall–Kier alpha value is -3.12. The summed E-state index contributed by atoms with van der Waals surface area (Å²) in [5, 5.41) is 11.2. The average molecular weight is 424 g/mol. The third-order valence-electron chi connectivity index (χ3n) is 4.94. The van der Waals surface area contributed by atoms with Crippen LogP contribution in [-0.2, 0) is 13.1 Å². The highest BCUT2D eigenvalue weighted by molar-refractivity contribution is 6.31. The molecule has 7 heteroatoms. The van der Waals surface area contributed by atoms with Crippen molar-refractivity contribution < 1.29 is 4.79 Å². The Kier molecular flexibility index (Phi) is 6.90. The Morgan fingerprint density at radius 1 is 1.13 bits per heavy atom. The lowest BCUT2D eigenvalue weighted by molar-refractivity contribution is 0.0977. The van der Waals surface area contributed by atoms with Crippen molar-refractivity contribution in [2.75, 3.05) is 5.32 Å². The Morgan fingerprint density at radius 3 is 2.57 bits per heavy atom. The number of aliphatic imine (C=N–C) groups is 1. The average Bonchev–Trinajstić information content (AvgIpc) is 3.00. The molecule has 0 radical (unpaired) electrons. The number of para-hydroxylation sites is 1. The van der Waals surface area contributed by atoms with Crippen LogP contribution in [0.5, 0.6) is 0 Å². The standard InChI is InChI=1S/C23H26ClN5O/c1-5-29-17(4)20(16(3)28-29)14-25-23(26-21-12-7-6-9-15(21)2)27-22(30)18-10-8-11-19(24)13-18/h6-13H,5,14H2,1-4H3,(H2,25,26,27,30). The van der Waals surface area contributed by atoms with Gasteiger partial charge < -0.3 is 5.32 Å². The minimum absolute atomic E-state index is 0.282. The van der Waals surface area contributed by atoms with Gasteiger partial charge in [-0.3, -0.25) is 14.8 Å². The number of carbonyl (C=O) groups is 1. The van der Waals surface area contributed by atoms with Gasteiger partial charge in [0.15, 0.2) is 0 Å². The summed E-state index contributed by atoms with van der Waals surface area (Å²) in [6.45, 7) is 9.27. The predicted molar refractivity (Wildman–Crippen MR) is 122 cm³/mol. The largest absolute Gasteiger partial charge is 0.326 e. The van der Waals surface area contributed by atoms with Crippen molar-refractivity contribution in [2.45, 2.75) is 40.8 Å². The van der Waals surface area contributed by atoms with E-state index < -0.39 is 0 Å². The number of guanidine groups is 1. The number of benzene rings is 2. The summed E-state index contributed by atoms with van der Waals surface area (Å²) < 4.78 is 1.96. The molecule has 3 aromatic rings. The van der Waals surface area contributed by atoms with Crippen molar-refractivity contribution in [3.8, 4) is 0 Å². The van der Waals surface area contributed by atoms with Crippen LogP contribution in [0.15, 0.2) is 53.5 Å². The lowest BCUT2D eigenvalue weighted by atomic mass is 10.2. The van der Waals surface area contributed by atoms with Crippen molar-refractivity contribution in [3.05, 3.63) is 81.6 Å². The number of carbonyl (C=O) groups excluding carboxylic acids is 1. The highest BCUT2D eigenvalue weighted by Gasteiger charge is 2.13. The monoisotopic (exact) mass is 423 g/mol. The number of aromatic nitrogens is 2. The molecule has 156 valence electrons. The van der Waals surface area contributed by atoms with Gasteiger partial charge in [-0.05, 0) is 57.5 Å². The molecule has 0 aliphatic carbocycles. The fourth-order valence-electron chi connectivity index (χ4n) is 3.19. The molecule has 1 aromatic heterocycles. The summed E-state index contributed by atoms with van der Waals surface area (Å²) in [4.78, 5) is 17.4. The zero-order chi connectivity index (χ0) is 21.7. The van der Waals surface area contributed by atoms with Crippen LogP contribution in [0.4, 0.5) is 5.69 Å². The van der Waals surface area contributed by atoms with Crippen LogP contribution in [-0.4, -0.2) is 21.6 Å². The number of nitrogens with one attached hydrogen (secondary N) is 2. The van der Waals surface area contributed by atoms with E-state index in [4.69, 9.17) is 11.6 Å². The maximum atomic E-state index is 12.8. The number of hydrogen-bond donors (Lipinski definition) is 2. The van der Waals surface area contributed by atoms with Crippen LogP contribution >= 0.6 is 11.6 Å². The number of hydrogen-bond acceptors (Lipinski definition) is 3. The molecular weight excluding hydrogens is 398 g/mol. The summed E-state index contributed by atoms with van der Waals surface area (Å²) >= 11 is 6.03. The molecule has 0 aliphatic rings. The van der Waals surface area contributed by atoms with Crippen LogP contribution < -0.4 is 10.6 Å². The van der Waals surface area contributed by atoms with Gasteiger partial charge in [0, 0.05) is 34.1 Å². The van der Waals surface area contributed by atoms with E-state index in [1.54, 1.807) is 24.3 Å². The van der Waals surface area contributed by atoms with Gasteiger partial charge in [0.25, 0.3) is 5.91 Å². The quantitative estimate of drug-likeness (QED) is 0.453. The zero-order valence-corrected chi connectivity index (χ0v) is 18.4. The van der Waals surface area contributed by atoms with Gasteiger partial charge in [0.05, 0.1) is 12.2 Å². The molecule has 0 bridgehead atoms. The molecule has 0 atom stereocenters. The summed E-state index contributed by atoms with van der Waals surface area (Å²) in [5.41, 5.74) is 5.46. The second-order valence-corrected chi connectivity index (χ2v) is 7.47. The van der Waals surface area contributed by atoms with E-state index in [-0.39, 0.29) is 5.91 Å². The topological polar surface area (TPSA) is 71.3 Å². The predicted octanol–water partition coefficient (Wildman–Crippen LogP) is 4.88. The number of nitrogens with zero attached hydrogens (tertiary/aromatic N) is 3. The number of rotatable bonds is 5. The van der Waals surface area contributed by atoms with E-state index in [9.17, 15) is 4.79 Å². The number of anilines is 1. The first-order valence-corrected chi connectivity index (χ1v) is 10.2. The maximum absolute atomic E-state index is 12.8. The first-order chi connectivity index (χ1) is 14.4. The Balaban J connectivity index is 1.89. The minimum Gasteiger partial charge on any atom is -0.326 e. The van der Waals surface area contributed by atoms with Crippen molar-refractivity contribution >= 4 is 29.2 Å². The maximum Gasteiger partial charge on any atom is 0.258 e. The summed E-state index contributed by atoms with van der Waals surface area (Å²) in [6, 6.07) is 14.7. The second kappa shape index (κ2) is 9.59. The highest BCUT2D eigenvalue weighted by atomic mass is 35.5. The molecule has 0 spiro atoms. The fourth-order valence-corrected chi connectivity index (χ4v) is 3.38. The third-order valence-corrected chi connectivity index (χ3v) is 5.18. The molecule has 3 rings (SSSR count). The molecule has 30 heavy (non-hydrogen) atoms. The van der Waals surface area contributed by atoms with Crippen LogP contribution in [0.25, 0.3) is 0 Å².